The molecule has 0 amide bonds. The largest absolute Gasteiger partial charge is 0.491 e. The number of benzene rings is 6. The van der Waals surface area contributed by atoms with Crippen molar-refractivity contribution >= 4 is 58.8 Å². The zero-order valence-corrected chi connectivity index (χ0v) is 69.3. The average Bonchev–Trinajstić information content (AvgIpc) is 0.763. The molecule has 0 bridgehead atoms. The lowest BCUT2D eigenvalue weighted by Crippen LogP contribution is -2.10. The van der Waals surface area contributed by atoms with E-state index in [0.29, 0.717) is 81.6 Å². The number of thioether (sulfide) groups is 5. The van der Waals surface area contributed by atoms with Crippen LogP contribution in [0.3, 0.4) is 0 Å². The van der Waals surface area contributed by atoms with Gasteiger partial charge in [-0.05, 0) is 201 Å². The summed E-state index contributed by atoms with van der Waals surface area (Å²) in [7, 11) is 0. The maximum absolute atomic E-state index is 7.44. The molecule has 0 radical (unpaired) electrons. The summed E-state index contributed by atoms with van der Waals surface area (Å²) >= 11 is 9.82. The maximum Gasteiger partial charge on any atom is 0.153 e. The minimum Gasteiger partial charge on any atom is -0.491 e. The summed E-state index contributed by atoms with van der Waals surface area (Å²) in [5, 5.41) is 0. The van der Waals surface area contributed by atoms with Crippen molar-refractivity contribution in [3.63, 3.8) is 0 Å². The lowest BCUT2D eigenvalue weighted by atomic mass is 9.89. The molecule has 0 heterocycles. The van der Waals surface area contributed by atoms with E-state index in [1.807, 2.05) is 58.8 Å². The fraction of sp³-hybridized carbons (Fsp3) is 0.521. The van der Waals surface area contributed by atoms with Crippen molar-refractivity contribution in [2.45, 2.75) is 269 Å². The molecule has 6 atom stereocenters. The van der Waals surface area contributed by atoms with E-state index in [-0.39, 0.29) is 0 Å². The molecule has 0 aromatic heterocycles. The van der Waals surface area contributed by atoms with Gasteiger partial charge in [0.05, 0.1) is 34.4 Å². The Labute approximate surface area is 645 Å². The molecule has 0 N–H and O–H groups in total. The minimum atomic E-state index is 0.456. The molecule has 0 aliphatic carbocycles. The number of unbranched alkanes of at least 4 members (excludes halogenated alkanes) is 5. The van der Waals surface area contributed by atoms with Crippen LogP contribution in [-0.2, 0) is 0 Å². The van der Waals surface area contributed by atoms with E-state index in [0.717, 1.165) is 69.4 Å². The molecule has 0 aliphatic rings. The van der Waals surface area contributed by atoms with Crippen LogP contribution in [0.2, 0.25) is 0 Å². The quantitative estimate of drug-likeness (QED) is 0.0277. The molecule has 0 saturated heterocycles. The van der Waals surface area contributed by atoms with Crippen molar-refractivity contribution in [1.82, 2.24) is 0 Å². The Morgan fingerprint density at radius 1 is 0.265 bits per heavy atom. The molecule has 1 nitrogen and oxygen atoms in total. The topological polar surface area (TPSA) is 9.23 Å². The second kappa shape index (κ2) is 51.0. The van der Waals surface area contributed by atoms with Gasteiger partial charge in [-0.25, -0.2) is 0 Å². The molecule has 6 rings (SSSR count). The Kier molecular flexibility index (Phi) is 42.8. The molecule has 5 unspecified atom stereocenters. The van der Waals surface area contributed by atoms with Crippen molar-refractivity contribution in [3.8, 4) is 65.0 Å². The molecule has 0 spiro atoms. The van der Waals surface area contributed by atoms with Gasteiger partial charge in [0.1, 0.15) is 0 Å². The van der Waals surface area contributed by atoms with Crippen LogP contribution < -0.4 is 4.74 Å². The molecule has 6 heteroatoms. The van der Waals surface area contributed by atoms with Gasteiger partial charge in [-0.15, -0.1) is 58.8 Å². The Balaban J connectivity index is 1.68. The summed E-state index contributed by atoms with van der Waals surface area (Å²) in [6.07, 6.45) is 29.4. The number of hydrogen-bond donors (Lipinski definition) is 0. The highest BCUT2D eigenvalue weighted by molar-refractivity contribution is 8.00. The van der Waals surface area contributed by atoms with E-state index in [9.17, 15) is 0 Å². The van der Waals surface area contributed by atoms with Crippen molar-refractivity contribution in [3.05, 3.63) is 177 Å². The number of rotatable bonds is 43. The van der Waals surface area contributed by atoms with Crippen LogP contribution in [0.4, 0.5) is 0 Å². The van der Waals surface area contributed by atoms with Crippen molar-refractivity contribution in [1.29, 1.82) is 0 Å². The van der Waals surface area contributed by atoms with Gasteiger partial charge in [0.2, 0.25) is 0 Å². The van der Waals surface area contributed by atoms with Crippen LogP contribution in [0.1, 0.15) is 300 Å². The molecule has 6 aromatic carbocycles. The van der Waals surface area contributed by atoms with Crippen LogP contribution >= 0.6 is 58.8 Å². The summed E-state index contributed by atoms with van der Waals surface area (Å²) in [6.45, 7) is 30.7. The first-order valence-electron chi connectivity index (χ1n) is 40.0. The molecule has 0 fully saturated rings. The van der Waals surface area contributed by atoms with Gasteiger partial charge in [0.15, 0.2) is 5.75 Å². The highest BCUT2D eigenvalue weighted by atomic mass is 32.2. The zero-order chi connectivity index (χ0) is 72.9. The van der Waals surface area contributed by atoms with Crippen LogP contribution in [0.5, 0.6) is 5.75 Å². The Hall–Kier alpha value is -5.33. The second-order valence-corrected chi connectivity index (χ2v) is 34.2. The van der Waals surface area contributed by atoms with E-state index in [1.54, 1.807) is 0 Å². The van der Waals surface area contributed by atoms with Crippen LogP contribution in [0, 0.1) is 101 Å². The first-order valence-corrected chi connectivity index (χ1v) is 44.9. The average molecular weight is 1460 g/mol. The van der Waals surface area contributed by atoms with Gasteiger partial charge in [-0.2, -0.15) is 0 Å². The molecule has 546 valence electrons. The molecule has 0 saturated carbocycles. The van der Waals surface area contributed by atoms with Crippen LogP contribution in [0.15, 0.2) is 146 Å². The van der Waals surface area contributed by atoms with Crippen molar-refractivity contribution in [2.24, 2.45) is 41.4 Å². The summed E-state index contributed by atoms with van der Waals surface area (Å²) in [4.78, 5) is 6.34. The third kappa shape index (κ3) is 32.2. The third-order valence-electron chi connectivity index (χ3n) is 19.9. The number of hydrogen-bond acceptors (Lipinski definition) is 6. The SMILES string of the molecule is CCCCC(CC)CSc1ccc(C#Cc2c(C#Cc3ccc(SCC(CC)CCCC)cc3)c(C#Cc3ccc(SCC(CC)CCCC)cc3)c(OCC[C@@H](C)CCCC(C)C)c(C#Cc3ccc(SCC(CC)CCCC)cc3)c2C#Cc2ccc(SCC(CC)CCCC)cc2)cc1. The Bertz CT molecular complexity index is 3460. The third-order valence-corrected chi connectivity index (χ3v) is 26.1. The Morgan fingerprint density at radius 2 is 0.500 bits per heavy atom. The fourth-order valence-corrected chi connectivity index (χ4v) is 18.1. The van der Waals surface area contributed by atoms with E-state index < -0.39 is 0 Å². The summed E-state index contributed by atoms with van der Waals surface area (Å²) < 4.78 is 7.44. The lowest BCUT2D eigenvalue weighted by molar-refractivity contribution is 0.274. The predicted octanol–water partition coefficient (Wildman–Crippen LogP) is 28.5. The summed E-state index contributed by atoms with van der Waals surface area (Å²) in [5.74, 6) is 48.5. The first kappa shape index (κ1) is 85.6. The fourth-order valence-electron chi connectivity index (χ4n) is 12.3. The standard InChI is InChI=1S/C96H126OS5/c1-14-24-32-76(19-6)69-98-86-52-37-81(38-53-86)47-62-91-92(63-48-82-39-54-87(55-40-82)99-70-77(20-7)33-25-15-2)94(65-50-84-43-58-89(59-44-84)101-72-79(22-9)35-27-17-4)96(97-68-67-75(13)31-29-30-74(11)12)95(66-51-85-45-60-90(61-46-85)102-73-80(23-10)36-28-18-5)93(91)64-49-83-41-56-88(57-42-83)100-71-78(21-8)34-26-16-3/h37-46,52-61,74-80H,14-36,67-73H2,1-13H3/t75-,76?,77?,78?,79?,80?/m0/s1. The minimum absolute atomic E-state index is 0.456. The highest BCUT2D eigenvalue weighted by Crippen LogP contribution is 2.37. The summed E-state index contributed by atoms with van der Waals surface area (Å²) in [6, 6.07) is 44.3. The van der Waals surface area contributed by atoms with Gasteiger partial charge in [0, 0.05) is 81.1 Å². The first-order chi connectivity index (χ1) is 49.8. The van der Waals surface area contributed by atoms with E-state index >= 15 is 0 Å². The predicted molar refractivity (Wildman–Crippen MR) is 457 cm³/mol. The normalized spacial score (nSPS) is 12.8. The van der Waals surface area contributed by atoms with Gasteiger partial charge >= 0.3 is 0 Å². The lowest BCUT2D eigenvalue weighted by Gasteiger charge is -2.18. The van der Waals surface area contributed by atoms with Crippen molar-refractivity contribution in [2.75, 3.05) is 35.4 Å². The maximum atomic E-state index is 7.44. The van der Waals surface area contributed by atoms with Gasteiger partial charge in [-0.3, -0.25) is 0 Å². The summed E-state index contributed by atoms with van der Waals surface area (Å²) in [5.41, 5.74) is 8.09. The smallest absolute Gasteiger partial charge is 0.153 e. The van der Waals surface area contributed by atoms with Crippen molar-refractivity contribution < 1.29 is 4.74 Å². The van der Waals surface area contributed by atoms with Gasteiger partial charge in [0.25, 0.3) is 0 Å². The molecular formula is C96H126OS5. The second-order valence-electron chi connectivity index (χ2n) is 28.8. The van der Waals surface area contributed by atoms with E-state index in [2.05, 4.69) is 271 Å². The van der Waals surface area contributed by atoms with Crippen LogP contribution in [-0.4, -0.2) is 35.4 Å². The highest BCUT2D eigenvalue weighted by Gasteiger charge is 2.24. The molecule has 102 heavy (non-hydrogen) atoms. The van der Waals surface area contributed by atoms with E-state index in [1.165, 1.54) is 166 Å². The van der Waals surface area contributed by atoms with Gasteiger partial charge in [-0.1, -0.05) is 265 Å². The zero-order valence-electron chi connectivity index (χ0n) is 65.3. The van der Waals surface area contributed by atoms with Gasteiger partial charge < -0.3 is 4.74 Å². The Morgan fingerprint density at radius 3 is 0.725 bits per heavy atom. The van der Waals surface area contributed by atoms with Crippen LogP contribution in [0.25, 0.3) is 0 Å². The molecule has 6 aromatic rings. The monoisotopic (exact) mass is 1450 g/mol. The van der Waals surface area contributed by atoms with E-state index in [4.69, 9.17) is 4.74 Å². The molecular weight excluding hydrogens is 1330 g/mol. The number of ether oxygens (including phenoxy) is 1. The molecule has 0 aliphatic heterocycles.